The molecule has 0 bridgehead atoms. The van der Waals surface area contributed by atoms with Gasteiger partial charge in [0, 0.05) is 11.1 Å². The predicted molar refractivity (Wildman–Crippen MR) is 107 cm³/mol. The number of carbonyl (C=O) groups excluding carboxylic acids is 4. The largest absolute Gasteiger partial charge is 0.507 e. The second-order valence-corrected chi connectivity index (χ2v) is 6.32. The molecule has 1 aromatic carbocycles. The number of hydrogen-bond donors (Lipinski definition) is 2. The Morgan fingerprint density at radius 3 is 1.53 bits per heavy atom. The number of aromatic hydroxyl groups is 1. The fraction of sp³-hybridized carbons (Fsp3) is 0.286. The van der Waals surface area contributed by atoms with Crippen LogP contribution in [0.15, 0.2) is 36.4 Å². The predicted octanol–water partition coefficient (Wildman–Crippen LogP) is 1.64. The summed E-state index contributed by atoms with van der Waals surface area (Å²) in [5.41, 5.74) is -1.40. The van der Waals surface area contributed by atoms with Crippen LogP contribution in [0.3, 0.4) is 0 Å². The average molecular weight is 450 g/mol. The van der Waals surface area contributed by atoms with Crippen molar-refractivity contribution in [2.75, 3.05) is 26.4 Å². The zero-order valence-corrected chi connectivity index (χ0v) is 17.5. The molecule has 0 radical (unpaired) electrons. The van der Waals surface area contributed by atoms with Gasteiger partial charge in [-0.25, -0.2) is 24.0 Å². The molecule has 0 saturated carbocycles. The number of hydrogen-bond acceptors (Lipinski definition) is 10. The Morgan fingerprint density at radius 1 is 0.719 bits per heavy atom. The van der Waals surface area contributed by atoms with Gasteiger partial charge >= 0.3 is 29.8 Å². The number of carboxylic acid groups (broad SMARTS) is 1. The molecule has 0 spiro atoms. The zero-order chi connectivity index (χ0) is 24.4. The van der Waals surface area contributed by atoms with Crippen molar-refractivity contribution in [2.24, 2.45) is 0 Å². The molecule has 32 heavy (non-hydrogen) atoms. The third-order valence-corrected chi connectivity index (χ3v) is 3.60. The number of benzene rings is 1. The normalized spacial score (nSPS) is 9.94. The molecule has 0 aliphatic heterocycles. The van der Waals surface area contributed by atoms with Crippen molar-refractivity contribution >= 4 is 29.8 Å². The number of aromatic carboxylic acids is 1. The van der Waals surface area contributed by atoms with E-state index in [1.54, 1.807) is 0 Å². The molecule has 0 fully saturated rings. The minimum Gasteiger partial charge on any atom is -0.507 e. The highest BCUT2D eigenvalue weighted by Crippen LogP contribution is 2.24. The molecular formula is C21H22O11. The lowest BCUT2D eigenvalue weighted by Gasteiger charge is -2.11. The van der Waals surface area contributed by atoms with E-state index < -0.39 is 52.3 Å². The minimum absolute atomic E-state index is 0.144. The summed E-state index contributed by atoms with van der Waals surface area (Å²) in [4.78, 5) is 58.3. The highest BCUT2D eigenvalue weighted by molar-refractivity contribution is 6.05. The van der Waals surface area contributed by atoms with Crippen LogP contribution >= 0.6 is 0 Å². The van der Waals surface area contributed by atoms with Crippen LogP contribution in [-0.2, 0) is 28.5 Å². The van der Waals surface area contributed by atoms with Gasteiger partial charge in [0.2, 0.25) is 0 Å². The zero-order valence-electron chi connectivity index (χ0n) is 17.5. The summed E-state index contributed by atoms with van der Waals surface area (Å²) in [5.74, 6) is -5.93. The fourth-order valence-electron chi connectivity index (χ4n) is 2.04. The quantitative estimate of drug-likeness (QED) is 0.218. The van der Waals surface area contributed by atoms with Gasteiger partial charge in [0.05, 0.1) is 11.1 Å². The Morgan fingerprint density at radius 2 is 1.12 bits per heavy atom. The van der Waals surface area contributed by atoms with Crippen molar-refractivity contribution in [1.29, 1.82) is 0 Å². The van der Waals surface area contributed by atoms with Crippen LogP contribution in [0, 0.1) is 0 Å². The van der Waals surface area contributed by atoms with Crippen molar-refractivity contribution in [3.05, 3.63) is 53.1 Å². The van der Waals surface area contributed by atoms with Gasteiger partial charge in [0.1, 0.15) is 37.7 Å². The van der Waals surface area contributed by atoms with Crippen LogP contribution in [0.2, 0.25) is 0 Å². The molecule has 0 amide bonds. The average Bonchev–Trinajstić information content (AvgIpc) is 2.72. The van der Waals surface area contributed by atoms with Crippen molar-refractivity contribution in [3.63, 3.8) is 0 Å². The topological polar surface area (TPSA) is 163 Å². The highest BCUT2D eigenvalue weighted by atomic mass is 16.6. The third kappa shape index (κ3) is 7.59. The van der Waals surface area contributed by atoms with Gasteiger partial charge in [-0.3, -0.25) is 0 Å². The van der Waals surface area contributed by atoms with E-state index in [4.69, 9.17) is 18.9 Å². The molecule has 11 nitrogen and oxygen atoms in total. The third-order valence-electron chi connectivity index (χ3n) is 3.60. The summed E-state index contributed by atoms with van der Waals surface area (Å²) in [6, 6.07) is 1.49. The van der Waals surface area contributed by atoms with E-state index >= 15 is 0 Å². The van der Waals surface area contributed by atoms with Crippen molar-refractivity contribution in [1.82, 2.24) is 0 Å². The van der Waals surface area contributed by atoms with E-state index in [-0.39, 0.29) is 37.6 Å². The summed E-state index contributed by atoms with van der Waals surface area (Å²) >= 11 is 0. The maximum atomic E-state index is 12.2. The molecule has 11 heteroatoms. The maximum absolute atomic E-state index is 12.2. The van der Waals surface area contributed by atoms with Crippen molar-refractivity contribution < 1.29 is 53.1 Å². The summed E-state index contributed by atoms with van der Waals surface area (Å²) in [6.07, 6.45) is 0. The van der Waals surface area contributed by atoms with Crippen molar-refractivity contribution in [3.8, 4) is 5.75 Å². The van der Waals surface area contributed by atoms with Gasteiger partial charge in [-0.15, -0.1) is 0 Å². The molecule has 0 saturated heterocycles. The Balaban J connectivity index is 2.83. The van der Waals surface area contributed by atoms with Gasteiger partial charge in [0.25, 0.3) is 0 Å². The first kappa shape index (κ1) is 25.9. The Labute approximate surface area is 182 Å². The smallest absolute Gasteiger partial charge is 0.342 e. The van der Waals surface area contributed by atoms with Gasteiger partial charge in [-0.2, -0.15) is 0 Å². The van der Waals surface area contributed by atoms with Crippen LogP contribution < -0.4 is 0 Å². The summed E-state index contributed by atoms with van der Waals surface area (Å²) in [5, 5.41) is 19.4. The first-order valence-corrected chi connectivity index (χ1v) is 9.05. The van der Waals surface area contributed by atoms with E-state index in [9.17, 15) is 34.2 Å². The minimum atomic E-state index is -1.57. The van der Waals surface area contributed by atoms with Crippen LogP contribution in [0.4, 0.5) is 0 Å². The first-order valence-electron chi connectivity index (χ1n) is 9.05. The number of esters is 4. The molecule has 0 aromatic heterocycles. The van der Waals surface area contributed by atoms with Gasteiger partial charge in [0.15, 0.2) is 0 Å². The molecule has 1 aromatic rings. The molecule has 172 valence electrons. The van der Waals surface area contributed by atoms with Gasteiger partial charge in [-0.05, 0) is 26.0 Å². The number of carboxylic acids is 1. The van der Waals surface area contributed by atoms with Crippen molar-refractivity contribution in [2.45, 2.75) is 13.8 Å². The van der Waals surface area contributed by atoms with Crippen LogP contribution in [0.1, 0.15) is 44.9 Å². The lowest BCUT2D eigenvalue weighted by molar-refractivity contribution is -0.140. The fourth-order valence-corrected chi connectivity index (χ4v) is 2.04. The van der Waals surface area contributed by atoms with Crippen LogP contribution in [0.25, 0.3) is 0 Å². The van der Waals surface area contributed by atoms with Gasteiger partial charge in [-0.1, -0.05) is 13.2 Å². The Hall–Kier alpha value is -4.15. The van der Waals surface area contributed by atoms with Crippen LogP contribution in [0.5, 0.6) is 5.75 Å². The summed E-state index contributed by atoms with van der Waals surface area (Å²) < 4.78 is 19.1. The second kappa shape index (κ2) is 11.9. The highest BCUT2D eigenvalue weighted by Gasteiger charge is 2.24. The number of ether oxygens (including phenoxy) is 4. The van der Waals surface area contributed by atoms with E-state index in [2.05, 4.69) is 13.2 Å². The standard InChI is InChI=1S/C21H22O11/c1-11(2)18(25)29-5-7-31-20(27)14-10-16(22)15(9-13(14)17(23)24)21(28)32-8-6-30-19(26)12(3)4/h9-10,22H,1,3,5-8H2,2,4H3,(H,23,24). The summed E-state index contributed by atoms with van der Waals surface area (Å²) in [7, 11) is 0. The number of carbonyl (C=O) groups is 5. The molecule has 1 rings (SSSR count). The molecule has 0 heterocycles. The van der Waals surface area contributed by atoms with E-state index in [0.717, 1.165) is 12.1 Å². The summed E-state index contributed by atoms with van der Waals surface area (Å²) in [6.45, 7) is 8.28. The monoisotopic (exact) mass is 450 g/mol. The first-order chi connectivity index (χ1) is 15.0. The van der Waals surface area contributed by atoms with E-state index in [1.165, 1.54) is 13.8 Å². The molecule has 2 N–H and O–H groups in total. The van der Waals surface area contributed by atoms with E-state index in [1.807, 2.05) is 0 Å². The Kier molecular flexibility index (Phi) is 9.62. The Bertz CT molecular complexity index is 959. The molecule has 0 unspecified atom stereocenters. The molecule has 0 aliphatic rings. The molecule has 0 atom stereocenters. The number of phenols is 1. The van der Waals surface area contributed by atoms with Gasteiger partial charge < -0.3 is 29.2 Å². The second-order valence-electron chi connectivity index (χ2n) is 6.32. The van der Waals surface area contributed by atoms with Crippen LogP contribution in [-0.4, -0.2) is 66.5 Å². The van der Waals surface area contributed by atoms with E-state index in [0.29, 0.717) is 0 Å². The lowest BCUT2D eigenvalue weighted by atomic mass is 10.0. The molecular weight excluding hydrogens is 428 g/mol. The maximum Gasteiger partial charge on any atom is 0.342 e. The lowest BCUT2D eigenvalue weighted by Crippen LogP contribution is -2.18. The SMILES string of the molecule is C=C(C)C(=O)OCCOC(=O)c1cc(C(=O)O)c(C(=O)OCCOC(=O)C(=C)C)cc1O. The molecule has 0 aliphatic carbocycles. The number of phenolic OH excluding ortho intramolecular Hbond substituents is 1. The number of rotatable bonds is 11.